The molecule has 1 fully saturated rings. The van der Waals surface area contributed by atoms with Gasteiger partial charge in [0.05, 0.1) is 21.9 Å². The van der Waals surface area contributed by atoms with Crippen LogP contribution in [0, 0.1) is 0 Å². The van der Waals surface area contributed by atoms with Crippen LogP contribution in [-0.2, 0) is 16.0 Å². The van der Waals surface area contributed by atoms with Crippen molar-refractivity contribution in [2.75, 3.05) is 11.9 Å². The van der Waals surface area contributed by atoms with Gasteiger partial charge in [0.1, 0.15) is 0 Å². The van der Waals surface area contributed by atoms with Crippen LogP contribution >= 0.6 is 11.8 Å². The number of benzene rings is 2. The number of hydrogen-bond donors (Lipinski definition) is 1. The zero-order valence-corrected chi connectivity index (χ0v) is 15.3. The first-order valence-electron chi connectivity index (χ1n) is 8.37. The average molecular weight is 363 g/mol. The molecule has 6 heteroatoms. The molecule has 0 aliphatic carbocycles. The molecule has 2 aliphatic rings. The smallest absolute Gasteiger partial charge is 0.264 e. The molecule has 0 radical (unpaired) electrons. The number of rotatable bonds is 2. The summed E-state index contributed by atoms with van der Waals surface area (Å²) in [4.78, 5) is 31.8. The molecule has 1 saturated heterocycles. The van der Waals surface area contributed by atoms with Gasteiger partial charge in [0.25, 0.3) is 11.8 Å². The van der Waals surface area contributed by atoms with Crippen LogP contribution < -0.4 is 10.2 Å². The van der Waals surface area contributed by atoms with Gasteiger partial charge in [0, 0.05) is 12.6 Å². The summed E-state index contributed by atoms with van der Waals surface area (Å²) in [5.41, 5.74) is 3.99. The Morgan fingerprint density at radius 2 is 1.81 bits per heavy atom. The van der Waals surface area contributed by atoms with Gasteiger partial charge in [0.15, 0.2) is 5.17 Å². The third-order valence-electron chi connectivity index (χ3n) is 4.50. The number of aryl methyl sites for hydroxylation is 1. The van der Waals surface area contributed by atoms with Crippen molar-refractivity contribution in [3.8, 4) is 0 Å². The number of likely N-dealkylation sites (N-methyl/N-ethyl adjacent to an activating group) is 1. The van der Waals surface area contributed by atoms with E-state index >= 15 is 0 Å². The predicted molar refractivity (Wildman–Crippen MR) is 105 cm³/mol. The van der Waals surface area contributed by atoms with E-state index in [9.17, 15) is 9.59 Å². The number of amides is 2. The van der Waals surface area contributed by atoms with Crippen LogP contribution in [-0.4, -0.2) is 24.0 Å². The number of hydrogen-bond acceptors (Lipinski definition) is 4. The van der Waals surface area contributed by atoms with Gasteiger partial charge in [-0.15, -0.1) is 0 Å². The molecule has 0 bridgehead atoms. The van der Waals surface area contributed by atoms with Gasteiger partial charge in [-0.3, -0.25) is 9.59 Å². The lowest BCUT2D eigenvalue weighted by Gasteiger charge is -2.08. The number of nitrogens with zero attached hydrogens (tertiary/aromatic N) is 2. The Morgan fingerprint density at radius 1 is 1.08 bits per heavy atom. The minimum absolute atomic E-state index is 0.168. The predicted octanol–water partition coefficient (Wildman–Crippen LogP) is 3.49. The van der Waals surface area contributed by atoms with Crippen LogP contribution in [0.4, 0.5) is 11.4 Å². The lowest BCUT2D eigenvalue weighted by molar-refractivity contribution is -0.116. The molecular formula is C20H17N3O2S. The van der Waals surface area contributed by atoms with Gasteiger partial charge >= 0.3 is 0 Å². The van der Waals surface area contributed by atoms with E-state index in [1.165, 1.54) is 11.8 Å². The highest BCUT2D eigenvalue weighted by Crippen LogP contribution is 2.42. The number of para-hydroxylation sites is 2. The first-order chi connectivity index (χ1) is 12.6. The van der Waals surface area contributed by atoms with Gasteiger partial charge in [-0.1, -0.05) is 43.3 Å². The molecule has 2 heterocycles. The van der Waals surface area contributed by atoms with Crippen LogP contribution in [0.5, 0.6) is 0 Å². The second-order valence-corrected chi connectivity index (χ2v) is 7.04. The van der Waals surface area contributed by atoms with Crippen molar-refractivity contribution in [2.24, 2.45) is 4.99 Å². The monoisotopic (exact) mass is 363 g/mol. The maximum Gasteiger partial charge on any atom is 0.264 e. The number of thioether (sulfide) groups is 1. The summed E-state index contributed by atoms with van der Waals surface area (Å²) in [5.74, 6) is -0.449. The summed E-state index contributed by atoms with van der Waals surface area (Å²) in [7, 11) is 1.72. The van der Waals surface area contributed by atoms with Gasteiger partial charge in [0.2, 0.25) is 0 Å². The summed E-state index contributed by atoms with van der Waals surface area (Å²) in [6, 6.07) is 15.3. The van der Waals surface area contributed by atoms with Crippen molar-refractivity contribution in [2.45, 2.75) is 13.3 Å². The number of carbonyl (C=O) groups is 2. The summed E-state index contributed by atoms with van der Waals surface area (Å²) >= 11 is 1.22. The van der Waals surface area contributed by atoms with Crippen LogP contribution in [0.25, 0.3) is 5.57 Å². The molecule has 26 heavy (non-hydrogen) atoms. The van der Waals surface area contributed by atoms with E-state index in [-0.39, 0.29) is 11.8 Å². The zero-order chi connectivity index (χ0) is 18.3. The molecule has 5 nitrogen and oxygen atoms in total. The number of anilines is 1. The standard InChI is InChI=1S/C20H17N3O2S/c1-3-12-8-4-6-10-14(12)21-20-22-18(24)17(26-20)16-13-9-5-7-11-15(13)23(2)19(16)25/h4-11H,3H2,1-2H3,(H,21,22,24). The third-order valence-corrected chi connectivity index (χ3v) is 5.48. The first kappa shape index (κ1) is 16.6. The van der Waals surface area contributed by atoms with Crippen LogP contribution in [0.15, 0.2) is 58.4 Å². The molecule has 2 aliphatic heterocycles. The topological polar surface area (TPSA) is 61.8 Å². The number of nitrogens with one attached hydrogen (secondary N) is 1. The first-order valence-corrected chi connectivity index (χ1v) is 9.19. The van der Waals surface area contributed by atoms with E-state index in [2.05, 4.69) is 17.2 Å². The molecule has 130 valence electrons. The van der Waals surface area contributed by atoms with Crippen molar-refractivity contribution in [1.82, 2.24) is 5.32 Å². The minimum Gasteiger partial charge on any atom is -0.311 e. The highest BCUT2D eigenvalue weighted by atomic mass is 32.2. The molecule has 4 rings (SSSR count). The van der Waals surface area contributed by atoms with E-state index in [0.29, 0.717) is 15.6 Å². The number of amidine groups is 1. The second-order valence-electron chi connectivity index (χ2n) is 6.04. The van der Waals surface area contributed by atoms with Crippen molar-refractivity contribution in [1.29, 1.82) is 0 Å². The molecule has 2 aromatic rings. The fourth-order valence-corrected chi connectivity index (χ4v) is 4.08. The summed E-state index contributed by atoms with van der Waals surface area (Å²) in [5, 5.41) is 3.29. The second kappa shape index (κ2) is 6.46. The lowest BCUT2D eigenvalue weighted by Crippen LogP contribution is -2.23. The molecule has 1 N–H and O–H groups in total. The molecule has 0 spiro atoms. The Morgan fingerprint density at radius 3 is 2.62 bits per heavy atom. The number of carbonyl (C=O) groups excluding carboxylic acids is 2. The third kappa shape index (κ3) is 2.63. The fraction of sp³-hybridized carbons (Fsp3) is 0.150. The van der Waals surface area contributed by atoms with Crippen molar-refractivity contribution < 1.29 is 9.59 Å². The maximum atomic E-state index is 12.7. The average Bonchev–Trinajstić information content (AvgIpc) is 3.13. The molecule has 0 saturated carbocycles. The molecule has 0 aromatic heterocycles. The Bertz CT molecular complexity index is 994. The Labute approximate surface area is 155 Å². The minimum atomic E-state index is -0.281. The number of aliphatic imine (C=N–C) groups is 1. The molecule has 2 amide bonds. The Hall–Kier alpha value is -2.86. The normalized spacial score (nSPS) is 20.7. The largest absolute Gasteiger partial charge is 0.311 e. The van der Waals surface area contributed by atoms with E-state index in [0.717, 1.165) is 28.9 Å². The quantitative estimate of drug-likeness (QED) is 0.831. The van der Waals surface area contributed by atoms with Crippen molar-refractivity contribution in [3.05, 3.63) is 64.6 Å². The van der Waals surface area contributed by atoms with Crippen molar-refractivity contribution in [3.63, 3.8) is 0 Å². The maximum absolute atomic E-state index is 12.7. The molecule has 0 unspecified atom stereocenters. The SMILES string of the molecule is CCc1ccccc1N=C1NC(=O)C(=C2C(=O)N(C)c3ccccc32)S1. The van der Waals surface area contributed by atoms with Crippen molar-refractivity contribution >= 4 is 45.7 Å². The van der Waals surface area contributed by atoms with Crippen LogP contribution in [0.3, 0.4) is 0 Å². The van der Waals surface area contributed by atoms with Gasteiger partial charge in [-0.25, -0.2) is 4.99 Å². The summed E-state index contributed by atoms with van der Waals surface area (Å²) in [6.07, 6.45) is 0.857. The van der Waals surface area contributed by atoms with Gasteiger partial charge in [-0.05, 0) is 35.9 Å². The van der Waals surface area contributed by atoms with Crippen LogP contribution in [0.2, 0.25) is 0 Å². The van der Waals surface area contributed by atoms with Gasteiger partial charge in [-0.2, -0.15) is 0 Å². The van der Waals surface area contributed by atoms with E-state index in [1.807, 2.05) is 48.5 Å². The number of fused-ring (bicyclic) bond motifs is 1. The summed E-state index contributed by atoms with van der Waals surface area (Å²) in [6.45, 7) is 2.07. The van der Waals surface area contributed by atoms with E-state index in [1.54, 1.807) is 11.9 Å². The Balaban J connectivity index is 1.76. The highest BCUT2D eigenvalue weighted by Gasteiger charge is 2.37. The molecule has 2 aromatic carbocycles. The zero-order valence-electron chi connectivity index (χ0n) is 14.4. The summed E-state index contributed by atoms with van der Waals surface area (Å²) < 4.78 is 0. The Kier molecular flexibility index (Phi) is 4.12. The lowest BCUT2D eigenvalue weighted by atomic mass is 10.1. The highest BCUT2D eigenvalue weighted by molar-refractivity contribution is 8.18. The molecular weight excluding hydrogens is 346 g/mol. The van der Waals surface area contributed by atoms with E-state index < -0.39 is 0 Å². The van der Waals surface area contributed by atoms with E-state index in [4.69, 9.17) is 0 Å². The fourth-order valence-electron chi connectivity index (χ4n) is 3.16. The van der Waals surface area contributed by atoms with Gasteiger partial charge < -0.3 is 10.2 Å². The molecule has 0 atom stereocenters. The van der Waals surface area contributed by atoms with Crippen LogP contribution in [0.1, 0.15) is 18.1 Å².